The van der Waals surface area contributed by atoms with Gasteiger partial charge in [-0.1, -0.05) is 121 Å². The highest BCUT2D eigenvalue weighted by atomic mass is 32.2. The average molecular weight is 789 g/mol. The van der Waals surface area contributed by atoms with Gasteiger partial charge in [0.15, 0.2) is 5.58 Å². The zero-order valence-electron chi connectivity index (χ0n) is 32.5. The minimum atomic E-state index is 0.464. The van der Waals surface area contributed by atoms with E-state index in [1.807, 2.05) is 48.2 Å². The van der Waals surface area contributed by atoms with Crippen LogP contribution in [-0.4, -0.2) is 10.2 Å². The van der Waals surface area contributed by atoms with Gasteiger partial charge in [-0.2, -0.15) is 0 Å². The van der Waals surface area contributed by atoms with Crippen molar-refractivity contribution in [3.63, 3.8) is 0 Å². The van der Waals surface area contributed by atoms with Gasteiger partial charge in [-0.3, -0.25) is 0 Å². The predicted molar refractivity (Wildman–Crippen MR) is 249 cm³/mol. The molecule has 3 heterocycles. The van der Waals surface area contributed by atoms with E-state index in [0.29, 0.717) is 16.7 Å². The highest BCUT2D eigenvalue weighted by molar-refractivity contribution is 8.00. The molecule has 0 fully saturated rings. The molecule has 8 aromatic carbocycles. The quantitative estimate of drug-likeness (QED) is 0.161. The van der Waals surface area contributed by atoms with Gasteiger partial charge >= 0.3 is 0 Å². The standard InChI is InChI=1S/C55H36N2O2S/c1-3-10-35(11-4-1)36-18-25-41(26-19-36)57(43-29-22-38(23-30-43)44-15-9-17-53-54(44)45-14-7-8-16-52(45)60-53)42-27-20-37(21-28-42)40-24-31-49-46(32-40)47-33-48-51(34-50(47)58-49)59-55(56-48)39-12-5-2-6-13-39/h1-16,18-34,53H,17H2. The Balaban J connectivity index is 0.904. The van der Waals surface area contributed by atoms with Crippen molar-refractivity contribution in [2.45, 2.75) is 16.6 Å². The summed E-state index contributed by atoms with van der Waals surface area (Å²) in [6, 6.07) is 66.7. The molecule has 0 N–H and O–H groups in total. The summed E-state index contributed by atoms with van der Waals surface area (Å²) < 4.78 is 12.5. The normalized spacial score (nSPS) is 14.6. The maximum absolute atomic E-state index is 6.33. The van der Waals surface area contributed by atoms with Gasteiger partial charge in [0.05, 0.1) is 0 Å². The molecule has 12 rings (SSSR count). The van der Waals surface area contributed by atoms with E-state index in [4.69, 9.17) is 13.8 Å². The van der Waals surface area contributed by atoms with E-state index in [1.165, 1.54) is 38.3 Å². The van der Waals surface area contributed by atoms with Crippen molar-refractivity contribution >= 4 is 73.0 Å². The molecular weight excluding hydrogens is 753 g/mol. The Morgan fingerprint density at radius 1 is 0.483 bits per heavy atom. The Labute approximate surface area is 351 Å². The lowest BCUT2D eigenvalue weighted by molar-refractivity contribution is 0.617. The fourth-order valence-corrected chi connectivity index (χ4v) is 10.2. The van der Waals surface area contributed by atoms with Crippen LogP contribution in [0.1, 0.15) is 17.5 Å². The van der Waals surface area contributed by atoms with Crippen molar-refractivity contribution in [2.75, 3.05) is 4.90 Å². The Hall–Kier alpha value is -7.34. The van der Waals surface area contributed by atoms with Gasteiger partial charge < -0.3 is 13.7 Å². The first-order chi connectivity index (χ1) is 29.7. The summed E-state index contributed by atoms with van der Waals surface area (Å²) in [5, 5.41) is 2.53. The summed E-state index contributed by atoms with van der Waals surface area (Å²) in [5.74, 6) is 0.604. The smallest absolute Gasteiger partial charge is 0.227 e. The minimum Gasteiger partial charge on any atom is -0.456 e. The van der Waals surface area contributed by atoms with Gasteiger partial charge in [0.25, 0.3) is 0 Å². The van der Waals surface area contributed by atoms with Gasteiger partial charge in [-0.25, -0.2) is 4.98 Å². The number of anilines is 3. The lowest BCUT2D eigenvalue weighted by Gasteiger charge is -2.26. The molecular formula is C55H36N2O2S. The Bertz CT molecular complexity index is 3290. The molecule has 1 aliphatic heterocycles. The number of rotatable bonds is 7. The monoisotopic (exact) mass is 788 g/mol. The third kappa shape index (κ3) is 5.97. The van der Waals surface area contributed by atoms with Crippen LogP contribution >= 0.6 is 11.8 Å². The highest BCUT2D eigenvalue weighted by Crippen LogP contribution is 2.51. The number of benzene rings is 8. The van der Waals surface area contributed by atoms with Crippen LogP contribution < -0.4 is 4.90 Å². The highest BCUT2D eigenvalue weighted by Gasteiger charge is 2.31. The Morgan fingerprint density at radius 2 is 1.07 bits per heavy atom. The van der Waals surface area contributed by atoms with Crippen molar-refractivity contribution in [3.05, 3.63) is 211 Å². The van der Waals surface area contributed by atoms with Gasteiger partial charge in [0, 0.05) is 49.6 Å². The molecule has 10 aromatic rings. The van der Waals surface area contributed by atoms with E-state index in [2.05, 4.69) is 169 Å². The molecule has 2 aliphatic rings. The second kappa shape index (κ2) is 14.2. The van der Waals surface area contributed by atoms with Crippen LogP contribution in [-0.2, 0) is 0 Å². The molecule has 1 atom stereocenters. The number of oxazole rings is 1. The van der Waals surface area contributed by atoms with Crippen molar-refractivity contribution in [1.29, 1.82) is 0 Å². The van der Waals surface area contributed by atoms with Crippen LogP contribution in [0.3, 0.4) is 0 Å². The molecule has 0 bridgehead atoms. The van der Waals surface area contributed by atoms with Gasteiger partial charge in [0.1, 0.15) is 16.7 Å². The molecule has 4 nitrogen and oxygen atoms in total. The van der Waals surface area contributed by atoms with Crippen LogP contribution in [0.2, 0.25) is 0 Å². The third-order valence-corrected chi connectivity index (χ3v) is 13.1. The second-order valence-electron chi connectivity index (χ2n) is 15.4. The molecule has 284 valence electrons. The zero-order chi connectivity index (χ0) is 39.6. The second-order valence-corrected chi connectivity index (χ2v) is 16.7. The fourth-order valence-electron chi connectivity index (χ4n) is 8.87. The molecule has 0 spiro atoms. The first-order valence-corrected chi connectivity index (χ1v) is 21.2. The lowest BCUT2D eigenvalue weighted by Crippen LogP contribution is -2.10. The lowest BCUT2D eigenvalue weighted by atomic mass is 9.88. The van der Waals surface area contributed by atoms with Crippen LogP contribution in [0, 0.1) is 0 Å². The van der Waals surface area contributed by atoms with Gasteiger partial charge in [-0.15, -0.1) is 11.8 Å². The SMILES string of the molecule is C1=CC(c2ccc(N(c3ccc(-c4ccccc4)cc3)c3ccc(-c4ccc5oc6cc7oc(-c8ccccc8)nc7cc6c5c4)cc3)cc2)=C2c3ccccc3SC2C1. The number of hydrogen-bond acceptors (Lipinski definition) is 5. The van der Waals surface area contributed by atoms with Crippen molar-refractivity contribution in [2.24, 2.45) is 0 Å². The molecule has 5 heteroatoms. The summed E-state index contributed by atoms with van der Waals surface area (Å²) in [6.45, 7) is 0. The molecule has 0 radical (unpaired) electrons. The van der Waals surface area contributed by atoms with E-state index in [9.17, 15) is 0 Å². The van der Waals surface area contributed by atoms with Crippen LogP contribution in [0.5, 0.6) is 0 Å². The summed E-state index contributed by atoms with van der Waals surface area (Å²) in [6.07, 6.45) is 5.72. The van der Waals surface area contributed by atoms with Crippen LogP contribution in [0.25, 0.3) is 77.9 Å². The summed E-state index contributed by atoms with van der Waals surface area (Å²) in [4.78, 5) is 8.56. The first kappa shape index (κ1) is 34.7. The average Bonchev–Trinajstić information content (AvgIpc) is 4.02. The molecule has 60 heavy (non-hydrogen) atoms. The number of allylic oxidation sites excluding steroid dienone is 3. The zero-order valence-corrected chi connectivity index (χ0v) is 33.3. The van der Waals surface area contributed by atoms with E-state index in [0.717, 1.165) is 67.6 Å². The summed E-state index contributed by atoms with van der Waals surface area (Å²) >= 11 is 1.99. The minimum absolute atomic E-state index is 0.464. The van der Waals surface area contributed by atoms with E-state index in [1.54, 1.807) is 0 Å². The first-order valence-electron chi connectivity index (χ1n) is 20.4. The van der Waals surface area contributed by atoms with E-state index >= 15 is 0 Å². The molecule has 0 amide bonds. The van der Waals surface area contributed by atoms with Crippen LogP contribution in [0.4, 0.5) is 17.1 Å². The fraction of sp³-hybridized carbons (Fsp3) is 0.0364. The molecule has 2 aromatic heterocycles. The Kier molecular flexibility index (Phi) is 8.20. The van der Waals surface area contributed by atoms with E-state index in [-0.39, 0.29) is 0 Å². The largest absolute Gasteiger partial charge is 0.456 e. The maximum Gasteiger partial charge on any atom is 0.227 e. The third-order valence-electron chi connectivity index (χ3n) is 11.8. The summed E-state index contributed by atoms with van der Waals surface area (Å²) in [5.41, 5.74) is 17.4. The molecule has 0 saturated carbocycles. The van der Waals surface area contributed by atoms with Crippen LogP contribution in [0.15, 0.2) is 214 Å². The maximum atomic E-state index is 6.33. The predicted octanol–water partition coefficient (Wildman–Crippen LogP) is 15.5. The Morgan fingerprint density at radius 3 is 1.78 bits per heavy atom. The van der Waals surface area contributed by atoms with Gasteiger partial charge in [-0.05, 0) is 124 Å². The molecule has 1 aliphatic carbocycles. The topological polar surface area (TPSA) is 42.4 Å². The molecule has 0 saturated heterocycles. The number of hydrogen-bond donors (Lipinski definition) is 0. The number of aromatic nitrogens is 1. The van der Waals surface area contributed by atoms with Crippen molar-refractivity contribution in [3.8, 4) is 33.7 Å². The number of nitrogens with zero attached hydrogens (tertiary/aromatic N) is 2. The van der Waals surface area contributed by atoms with E-state index < -0.39 is 0 Å². The number of fused-ring (bicyclic) bond motifs is 7. The molecule has 1 unspecified atom stereocenters. The number of furan rings is 1. The van der Waals surface area contributed by atoms with Crippen molar-refractivity contribution < 1.29 is 8.83 Å². The van der Waals surface area contributed by atoms with Gasteiger partial charge in [0.2, 0.25) is 5.89 Å². The number of thioether (sulfide) groups is 1. The summed E-state index contributed by atoms with van der Waals surface area (Å²) in [7, 11) is 0. The van der Waals surface area contributed by atoms with Crippen molar-refractivity contribution in [1.82, 2.24) is 4.98 Å².